The summed E-state index contributed by atoms with van der Waals surface area (Å²) in [6.07, 6.45) is -0.221. The molecule has 1 aromatic carbocycles. The highest BCUT2D eigenvalue weighted by molar-refractivity contribution is 5.98. The van der Waals surface area contributed by atoms with Gasteiger partial charge in [0.05, 0.1) is 11.3 Å². The maximum Gasteiger partial charge on any atom is 0.320 e. The van der Waals surface area contributed by atoms with Crippen molar-refractivity contribution in [3.8, 4) is 0 Å². The number of carbonyl (C=O) groups excluding carboxylic acids is 1. The predicted octanol–water partition coefficient (Wildman–Crippen LogP) is 0.303. The smallest absolute Gasteiger partial charge is 0.320 e. The lowest BCUT2D eigenvalue weighted by atomic mass is 10.0. The summed E-state index contributed by atoms with van der Waals surface area (Å²) in [5.41, 5.74) is 6.00. The summed E-state index contributed by atoms with van der Waals surface area (Å²) in [6.45, 7) is 0.216. The van der Waals surface area contributed by atoms with Crippen molar-refractivity contribution < 1.29 is 29.5 Å². The number of amides is 1. The standard InChI is InChI=1S/C15H17N3O7/c16-10(15(22)23)1-2-12(19)17-4-3-9-5-8(7-13(20)21)6-11(14(9)17)18(24)25/h5-6,10H,1-4,7,16H2,(H,20,21)(H,22,23)/t10-/m0/s1. The van der Waals surface area contributed by atoms with Crippen LogP contribution < -0.4 is 10.6 Å². The summed E-state index contributed by atoms with van der Waals surface area (Å²) in [6, 6.07) is 1.52. The van der Waals surface area contributed by atoms with E-state index in [1.807, 2.05) is 0 Å². The summed E-state index contributed by atoms with van der Waals surface area (Å²) in [5.74, 6) is -2.79. The van der Waals surface area contributed by atoms with E-state index in [1.165, 1.54) is 4.90 Å². The van der Waals surface area contributed by atoms with Crippen molar-refractivity contribution in [2.75, 3.05) is 11.4 Å². The van der Waals surface area contributed by atoms with Crippen LogP contribution in [0.1, 0.15) is 24.0 Å². The number of hydrogen-bond donors (Lipinski definition) is 3. The van der Waals surface area contributed by atoms with Crippen molar-refractivity contribution in [3.05, 3.63) is 33.4 Å². The van der Waals surface area contributed by atoms with E-state index in [2.05, 4.69) is 0 Å². The van der Waals surface area contributed by atoms with Crippen molar-refractivity contribution in [1.82, 2.24) is 0 Å². The monoisotopic (exact) mass is 351 g/mol. The van der Waals surface area contributed by atoms with Gasteiger partial charge >= 0.3 is 11.9 Å². The molecular formula is C15H17N3O7. The molecule has 10 heteroatoms. The molecule has 1 aliphatic rings. The van der Waals surface area contributed by atoms with Crippen LogP contribution in [-0.4, -0.2) is 45.6 Å². The second kappa shape index (κ2) is 7.26. The molecule has 0 saturated heterocycles. The maximum absolute atomic E-state index is 12.3. The van der Waals surface area contributed by atoms with E-state index in [-0.39, 0.29) is 37.2 Å². The zero-order chi connectivity index (χ0) is 18.7. The van der Waals surface area contributed by atoms with Crippen molar-refractivity contribution in [2.45, 2.75) is 31.7 Å². The zero-order valence-electron chi connectivity index (χ0n) is 13.2. The van der Waals surface area contributed by atoms with Gasteiger partial charge in [-0.1, -0.05) is 6.07 Å². The SMILES string of the molecule is N[C@@H](CCC(=O)N1CCc2cc(CC(=O)O)cc([N+](=O)[O-])c21)C(=O)O. The number of aliphatic carboxylic acids is 2. The molecule has 0 fully saturated rings. The number of anilines is 1. The first-order chi connectivity index (χ1) is 11.7. The Labute approximate surface area is 142 Å². The van der Waals surface area contributed by atoms with E-state index in [9.17, 15) is 24.5 Å². The topological polar surface area (TPSA) is 164 Å². The second-order valence-corrected chi connectivity index (χ2v) is 5.73. The molecule has 1 amide bonds. The molecule has 1 heterocycles. The zero-order valence-corrected chi connectivity index (χ0v) is 13.2. The summed E-state index contributed by atoms with van der Waals surface area (Å²) >= 11 is 0. The average Bonchev–Trinajstić information content (AvgIpc) is 2.94. The molecular weight excluding hydrogens is 334 g/mol. The molecule has 2 rings (SSSR count). The molecule has 1 atom stereocenters. The number of nitrogens with zero attached hydrogens (tertiary/aromatic N) is 2. The van der Waals surface area contributed by atoms with E-state index in [1.54, 1.807) is 6.07 Å². The van der Waals surface area contributed by atoms with Gasteiger partial charge in [-0.3, -0.25) is 24.5 Å². The van der Waals surface area contributed by atoms with Crippen LogP contribution in [-0.2, 0) is 27.2 Å². The van der Waals surface area contributed by atoms with Crippen molar-refractivity contribution in [1.29, 1.82) is 0 Å². The van der Waals surface area contributed by atoms with Crippen LogP contribution in [0, 0.1) is 10.1 Å². The highest BCUT2D eigenvalue weighted by atomic mass is 16.6. The Morgan fingerprint density at radius 1 is 1.32 bits per heavy atom. The first kappa shape index (κ1) is 18.3. The third-order valence-electron chi connectivity index (χ3n) is 3.94. The average molecular weight is 351 g/mol. The number of nitrogens with two attached hydrogens (primary N) is 1. The molecule has 25 heavy (non-hydrogen) atoms. The van der Waals surface area contributed by atoms with E-state index < -0.39 is 28.8 Å². The van der Waals surface area contributed by atoms with Gasteiger partial charge in [0.15, 0.2) is 0 Å². The summed E-state index contributed by atoms with van der Waals surface area (Å²) < 4.78 is 0. The van der Waals surface area contributed by atoms with Gasteiger partial charge in [-0.15, -0.1) is 0 Å². The highest BCUT2D eigenvalue weighted by Crippen LogP contribution is 2.38. The quantitative estimate of drug-likeness (QED) is 0.466. The normalized spacial score (nSPS) is 14.0. The fourth-order valence-electron chi connectivity index (χ4n) is 2.79. The third-order valence-corrected chi connectivity index (χ3v) is 3.94. The van der Waals surface area contributed by atoms with Crippen molar-refractivity contribution in [3.63, 3.8) is 0 Å². The fraction of sp³-hybridized carbons (Fsp3) is 0.400. The molecule has 0 aliphatic carbocycles. The largest absolute Gasteiger partial charge is 0.481 e. The minimum atomic E-state index is -1.22. The minimum Gasteiger partial charge on any atom is -0.481 e. The molecule has 0 bridgehead atoms. The molecule has 1 aliphatic heterocycles. The summed E-state index contributed by atoms with van der Waals surface area (Å²) in [5, 5.41) is 29.0. The van der Waals surface area contributed by atoms with E-state index in [4.69, 9.17) is 15.9 Å². The van der Waals surface area contributed by atoms with Gasteiger partial charge in [0, 0.05) is 19.0 Å². The van der Waals surface area contributed by atoms with E-state index in [0.29, 0.717) is 17.5 Å². The number of rotatable bonds is 7. The Bertz CT molecular complexity index is 747. The van der Waals surface area contributed by atoms with E-state index in [0.717, 1.165) is 6.07 Å². The van der Waals surface area contributed by atoms with Gasteiger partial charge in [0.25, 0.3) is 5.69 Å². The van der Waals surface area contributed by atoms with Gasteiger partial charge in [-0.2, -0.15) is 0 Å². The number of benzene rings is 1. The Balaban J connectivity index is 2.28. The van der Waals surface area contributed by atoms with Crippen LogP contribution in [0.2, 0.25) is 0 Å². The van der Waals surface area contributed by atoms with Crippen LogP contribution >= 0.6 is 0 Å². The number of nitro groups is 1. The molecule has 1 aromatic rings. The first-order valence-corrected chi connectivity index (χ1v) is 7.51. The lowest BCUT2D eigenvalue weighted by molar-refractivity contribution is -0.384. The molecule has 0 radical (unpaired) electrons. The van der Waals surface area contributed by atoms with Crippen LogP contribution in [0.4, 0.5) is 11.4 Å². The van der Waals surface area contributed by atoms with Crippen LogP contribution in [0.25, 0.3) is 0 Å². The molecule has 0 unspecified atom stereocenters. The predicted molar refractivity (Wildman–Crippen MR) is 85.3 cm³/mol. The lowest BCUT2D eigenvalue weighted by Crippen LogP contribution is -2.34. The van der Waals surface area contributed by atoms with Gasteiger partial charge in [0.1, 0.15) is 11.7 Å². The summed E-state index contributed by atoms with van der Waals surface area (Å²) in [4.78, 5) is 45.8. The van der Waals surface area contributed by atoms with Crippen molar-refractivity contribution in [2.24, 2.45) is 5.73 Å². The Morgan fingerprint density at radius 3 is 2.56 bits per heavy atom. The fourth-order valence-corrected chi connectivity index (χ4v) is 2.79. The molecule has 134 valence electrons. The number of fused-ring (bicyclic) bond motifs is 1. The summed E-state index contributed by atoms with van der Waals surface area (Å²) in [7, 11) is 0. The molecule has 0 aromatic heterocycles. The van der Waals surface area contributed by atoms with Gasteiger partial charge in [-0.25, -0.2) is 0 Å². The third kappa shape index (κ3) is 4.10. The first-order valence-electron chi connectivity index (χ1n) is 7.51. The van der Waals surface area contributed by atoms with Crippen LogP contribution in [0.5, 0.6) is 0 Å². The highest BCUT2D eigenvalue weighted by Gasteiger charge is 2.33. The Hall–Kier alpha value is -3.01. The minimum absolute atomic E-state index is 0.0785. The molecule has 4 N–H and O–H groups in total. The van der Waals surface area contributed by atoms with Crippen LogP contribution in [0.15, 0.2) is 12.1 Å². The number of carboxylic acids is 2. The molecule has 0 spiro atoms. The number of carboxylic acid groups (broad SMARTS) is 2. The number of carbonyl (C=O) groups is 3. The second-order valence-electron chi connectivity index (χ2n) is 5.73. The lowest BCUT2D eigenvalue weighted by Gasteiger charge is -2.18. The number of nitro benzene ring substituents is 1. The van der Waals surface area contributed by atoms with Gasteiger partial charge in [-0.05, 0) is 24.0 Å². The molecule has 0 saturated carbocycles. The van der Waals surface area contributed by atoms with Gasteiger partial charge in [0.2, 0.25) is 5.91 Å². The van der Waals surface area contributed by atoms with Crippen molar-refractivity contribution >= 4 is 29.2 Å². The Kier molecular flexibility index (Phi) is 5.32. The number of hydrogen-bond acceptors (Lipinski definition) is 6. The maximum atomic E-state index is 12.3. The van der Waals surface area contributed by atoms with E-state index >= 15 is 0 Å². The van der Waals surface area contributed by atoms with Gasteiger partial charge < -0.3 is 20.8 Å². The molecule has 10 nitrogen and oxygen atoms in total. The van der Waals surface area contributed by atoms with Crippen LogP contribution in [0.3, 0.4) is 0 Å². The Morgan fingerprint density at radius 2 is 2.00 bits per heavy atom.